The summed E-state index contributed by atoms with van der Waals surface area (Å²) in [6.07, 6.45) is 0.532. The van der Waals surface area contributed by atoms with E-state index in [1.807, 2.05) is 62.4 Å². The first-order valence-electron chi connectivity index (χ1n) is 7.59. The normalized spacial score (nSPS) is 10.4. The fourth-order valence-electron chi connectivity index (χ4n) is 2.03. The van der Waals surface area contributed by atoms with Crippen LogP contribution in [0.1, 0.15) is 20.3 Å². The van der Waals surface area contributed by atoms with Gasteiger partial charge in [-0.2, -0.15) is 0 Å². The molecule has 5 heteroatoms. The van der Waals surface area contributed by atoms with Gasteiger partial charge in [0.05, 0.1) is 6.10 Å². The van der Waals surface area contributed by atoms with Crippen molar-refractivity contribution in [2.24, 2.45) is 0 Å². The van der Waals surface area contributed by atoms with Crippen molar-refractivity contribution in [2.75, 3.05) is 17.2 Å². The summed E-state index contributed by atoms with van der Waals surface area (Å²) in [5, 5.41) is 6.11. The molecular weight excluding hydrogens is 356 g/mol. The highest BCUT2D eigenvalue weighted by Gasteiger charge is 2.04. The molecule has 0 saturated heterocycles. The number of ether oxygens (including phenoxy) is 1. The molecule has 0 radical (unpaired) electrons. The second kappa shape index (κ2) is 8.58. The monoisotopic (exact) mass is 376 g/mol. The minimum absolute atomic E-state index is 0.0259. The van der Waals surface area contributed by atoms with E-state index < -0.39 is 0 Å². The summed E-state index contributed by atoms with van der Waals surface area (Å²) in [6.45, 7) is 4.53. The highest BCUT2D eigenvalue weighted by molar-refractivity contribution is 9.10. The molecule has 0 aliphatic heterocycles. The summed E-state index contributed by atoms with van der Waals surface area (Å²) in [4.78, 5) is 12.0. The zero-order valence-corrected chi connectivity index (χ0v) is 14.9. The average Bonchev–Trinajstić information content (AvgIpc) is 2.51. The number of anilines is 2. The number of rotatable bonds is 7. The second-order valence-corrected chi connectivity index (χ2v) is 6.25. The molecule has 0 fully saturated rings. The Balaban J connectivity index is 1.77. The van der Waals surface area contributed by atoms with E-state index in [9.17, 15) is 4.79 Å². The van der Waals surface area contributed by atoms with Crippen LogP contribution < -0.4 is 15.4 Å². The molecule has 2 rings (SSSR count). The highest BCUT2D eigenvalue weighted by Crippen LogP contribution is 2.21. The third-order valence-electron chi connectivity index (χ3n) is 3.05. The molecule has 1 amide bonds. The van der Waals surface area contributed by atoms with Gasteiger partial charge in [0.15, 0.2) is 0 Å². The molecule has 2 aromatic rings. The van der Waals surface area contributed by atoms with Gasteiger partial charge in [-0.3, -0.25) is 4.79 Å². The summed E-state index contributed by atoms with van der Waals surface area (Å²) < 4.78 is 6.56. The lowest BCUT2D eigenvalue weighted by molar-refractivity contribution is -0.115. The van der Waals surface area contributed by atoms with Crippen LogP contribution in [-0.2, 0) is 4.79 Å². The topological polar surface area (TPSA) is 50.4 Å². The molecule has 0 heterocycles. The molecule has 4 nitrogen and oxygen atoms in total. The molecule has 0 aliphatic rings. The zero-order valence-electron chi connectivity index (χ0n) is 13.3. The highest BCUT2D eigenvalue weighted by atomic mass is 79.9. The van der Waals surface area contributed by atoms with Gasteiger partial charge in [0.1, 0.15) is 5.75 Å². The largest absolute Gasteiger partial charge is 0.491 e. The lowest BCUT2D eigenvalue weighted by Crippen LogP contribution is -2.16. The molecule has 23 heavy (non-hydrogen) atoms. The van der Waals surface area contributed by atoms with Crippen LogP contribution in [0.4, 0.5) is 11.4 Å². The molecule has 0 unspecified atom stereocenters. The second-order valence-electron chi connectivity index (χ2n) is 5.40. The van der Waals surface area contributed by atoms with Crippen molar-refractivity contribution in [1.29, 1.82) is 0 Å². The van der Waals surface area contributed by atoms with E-state index in [4.69, 9.17) is 4.74 Å². The van der Waals surface area contributed by atoms with Gasteiger partial charge in [0, 0.05) is 28.8 Å². The van der Waals surface area contributed by atoms with E-state index in [0.717, 1.165) is 21.6 Å². The third-order valence-corrected chi connectivity index (χ3v) is 3.74. The zero-order chi connectivity index (χ0) is 16.7. The Morgan fingerprint density at radius 3 is 2.48 bits per heavy atom. The number of carbonyl (C=O) groups is 1. The third kappa shape index (κ3) is 5.94. The van der Waals surface area contributed by atoms with Crippen LogP contribution in [0.3, 0.4) is 0 Å². The fraction of sp³-hybridized carbons (Fsp3) is 0.278. The molecule has 0 atom stereocenters. The minimum Gasteiger partial charge on any atom is -0.491 e. The van der Waals surface area contributed by atoms with Crippen molar-refractivity contribution in [3.05, 3.63) is 53.0 Å². The number of hydrogen-bond donors (Lipinski definition) is 2. The Kier molecular flexibility index (Phi) is 6.47. The van der Waals surface area contributed by atoms with Crippen molar-refractivity contribution in [2.45, 2.75) is 26.4 Å². The smallest absolute Gasteiger partial charge is 0.226 e. The lowest BCUT2D eigenvalue weighted by Gasteiger charge is -2.11. The van der Waals surface area contributed by atoms with Crippen LogP contribution in [-0.4, -0.2) is 18.6 Å². The Bertz CT molecular complexity index is 642. The molecule has 0 spiro atoms. The molecule has 0 bridgehead atoms. The van der Waals surface area contributed by atoms with Gasteiger partial charge in [0.2, 0.25) is 5.91 Å². The Hall–Kier alpha value is -2.01. The van der Waals surface area contributed by atoms with Crippen molar-refractivity contribution in [3.63, 3.8) is 0 Å². The Morgan fingerprint density at radius 1 is 1.13 bits per heavy atom. The summed E-state index contributed by atoms with van der Waals surface area (Å²) >= 11 is 3.47. The molecule has 0 saturated carbocycles. The summed E-state index contributed by atoms with van der Waals surface area (Å²) in [6, 6.07) is 15.2. The van der Waals surface area contributed by atoms with Crippen molar-refractivity contribution < 1.29 is 9.53 Å². The molecule has 2 N–H and O–H groups in total. The van der Waals surface area contributed by atoms with Gasteiger partial charge in [-0.15, -0.1) is 0 Å². The number of nitrogens with one attached hydrogen (secondary N) is 2. The van der Waals surface area contributed by atoms with Crippen LogP contribution >= 0.6 is 15.9 Å². The van der Waals surface area contributed by atoms with Gasteiger partial charge in [-0.25, -0.2) is 0 Å². The number of carbonyl (C=O) groups excluding carboxylic acids is 1. The Labute approximate surface area is 145 Å². The maximum Gasteiger partial charge on any atom is 0.226 e. The molecule has 0 aromatic heterocycles. The fourth-order valence-corrected chi connectivity index (χ4v) is 2.45. The van der Waals surface area contributed by atoms with Gasteiger partial charge in [-0.1, -0.05) is 12.1 Å². The van der Waals surface area contributed by atoms with Gasteiger partial charge in [0.25, 0.3) is 0 Å². The van der Waals surface area contributed by atoms with Gasteiger partial charge >= 0.3 is 0 Å². The van der Waals surface area contributed by atoms with Crippen LogP contribution in [0.5, 0.6) is 5.75 Å². The summed E-state index contributed by atoms with van der Waals surface area (Å²) in [5.41, 5.74) is 1.75. The van der Waals surface area contributed by atoms with Gasteiger partial charge < -0.3 is 15.4 Å². The molecule has 2 aromatic carbocycles. The predicted octanol–water partition coefficient (Wildman–Crippen LogP) is 4.68. The van der Waals surface area contributed by atoms with Crippen LogP contribution in [0.15, 0.2) is 53.0 Å². The number of amides is 1. The Morgan fingerprint density at radius 2 is 1.83 bits per heavy atom. The molecule has 0 aliphatic carbocycles. The van der Waals surface area contributed by atoms with E-state index in [-0.39, 0.29) is 12.0 Å². The molecule has 122 valence electrons. The maximum atomic E-state index is 12.0. The quantitative estimate of drug-likeness (QED) is 0.737. The van der Waals surface area contributed by atoms with E-state index >= 15 is 0 Å². The summed E-state index contributed by atoms with van der Waals surface area (Å²) in [5.74, 6) is 0.774. The SMILES string of the molecule is CC(C)Oc1ccc(NC(=O)CCNc2ccccc2Br)cc1. The average molecular weight is 377 g/mol. The first-order valence-corrected chi connectivity index (χ1v) is 8.39. The number of para-hydroxylation sites is 1. The minimum atomic E-state index is -0.0259. The van der Waals surface area contributed by atoms with Gasteiger partial charge in [-0.05, 0) is 66.2 Å². The van der Waals surface area contributed by atoms with Crippen molar-refractivity contribution in [3.8, 4) is 5.75 Å². The first kappa shape index (κ1) is 17.3. The van der Waals surface area contributed by atoms with E-state index in [1.54, 1.807) is 0 Å². The lowest BCUT2D eigenvalue weighted by atomic mass is 10.2. The summed E-state index contributed by atoms with van der Waals surface area (Å²) in [7, 11) is 0. The van der Waals surface area contributed by atoms with E-state index in [0.29, 0.717) is 13.0 Å². The van der Waals surface area contributed by atoms with E-state index in [1.165, 1.54) is 0 Å². The van der Waals surface area contributed by atoms with E-state index in [2.05, 4.69) is 26.6 Å². The van der Waals surface area contributed by atoms with Crippen LogP contribution in [0.2, 0.25) is 0 Å². The number of halogens is 1. The predicted molar refractivity (Wildman–Crippen MR) is 98.1 cm³/mol. The molecular formula is C18H21BrN2O2. The van der Waals surface area contributed by atoms with Crippen LogP contribution in [0, 0.1) is 0 Å². The first-order chi connectivity index (χ1) is 11.0. The standard InChI is InChI=1S/C18H21BrN2O2/c1-13(2)23-15-9-7-14(8-10-15)21-18(22)11-12-20-17-6-4-3-5-16(17)19/h3-10,13,20H,11-12H2,1-2H3,(H,21,22). The number of benzene rings is 2. The van der Waals surface area contributed by atoms with Crippen molar-refractivity contribution in [1.82, 2.24) is 0 Å². The van der Waals surface area contributed by atoms with Crippen LogP contribution in [0.25, 0.3) is 0 Å². The number of hydrogen-bond acceptors (Lipinski definition) is 3. The van der Waals surface area contributed by atoms with Crippen molar-refractivity contribution >= 4 is 33.2 Å². The maximum absolute atomic E-state index is 12.0.